The van der Waals surface area contributed by atoms with E-state index in [-0.39, 0.29) is 0 Å². The Morgan fingerprint density at radius 2 is 1.33 bits per heavy atom. The van der Waals surface area contributed by atoms with Gasteiger partial charge in [-0.2, -0.15) is 0 Å². The zero-order chi connectivity index (χ0) is 25.9. The highest BCUT2D eigenvalue weighted by Gasteiger charge is 2.55. The molecule has 0 fully saturated rings. The normalized spacial score (nSPS) is 14.7. The molecule has 0 spiro atoms. The molecule has 1 aliphatic rings. The van der Waals surface area contributed by atoms with Crippen LogP contribution in [-0.2, 0) is 26.0 Å². The van der Waals surface area contributed by atoms with E-state index in [1.807, 2.05) is 20.8 Å². The fourth-order valence-electron chi connectivity index (χ4n) is 6.03. The lowest BCUT2D eigenvalue weighted by atomic mass is 9.70. The van der Waals surface area contributed by atoms with Crippen LogP contribution in [0.4, 0.5) is 0 Å². The van der Waals surface area contributed by atoms with Gasteiger partial charge in [-0.1, -0.05) is 106 Å². The summed E-state index contributed by atoms with van der Waals surface area (Å²) in [6, 6.07) is 15.6. The molecule has 3 nitrogen and oxygen atoms in total. The van der Waals surface area contributed by atoms with Crippen molar-refractivity contribution in [1.82, 2.24) is 0 Å². The Bertz CT molecular complexity index is 946. The summed E-state index contributed by atoms with van der Waals surface area (Å²) in [4.78, 5) is 0. The van der Waals surface area contributed by atoms with Crippen LogP contribution in [0.5, 0.6) is 0 Å². The maximum Gasteiger partial charge on any atom is 0.296 e. The van der Waals surface area contributed by atoms with Crippen molar-refractivity contribution < 1.29 is 14.2 Å². The summed E-state index contributed by atoms with van der Waals surface area (Å²) in [6.07, 6.45) is 15.2. The van der Waals surface area contributed by atoms with Gasteiger partial charge in [0, 0.05) is 19.8 Å². The molecule has 1 aliphatic carbocycles. The fraction of sp³-hybridized carbons (Fsp3) is 0.576. The molecule has 1 unspecified atom stereocenters. The monoisotopic (exact) mass is 492 g/mol. The van der Waals surface area contributed by atoms with E-state index in [0.717, 1.165) is 19.3 Å². The first-order chi connectivity index (χ1) is 17.6. The van der Waals surface area contributed by atoms with Crippen LogP contribution in [0.2, 0.25) is 0 Å². The average molecular weight is 493 g/mol. The Balaban J connectivity index is 2.10. The summed E-state index contributed by atoms with van der Waals surface area (Å²) in [5.41, 5.74) is 6.16. The van der Waals surface area contributed by atoms with Crippen LogP contribution < -0.4 is 0 Å². The summed E-state index contributed by atoms with van der Waals surface area (Å²) in [7, 11) is 0. The second kappa shape index (κ2) is 14.1. The Hall–Kier alpha value is -1.94. The van der Waals surface area contributed by atoms with Gasteiger partial charge in [-0.25, -0.2) is 0 Å². The Morgan fingerprint density at radius 1 is 0.722 bits per heavy atom. The Kier molecular flexibility index (Phi) is 11.2. The lowest BCUT2D eigenvalue weighted by molar-refractivity contribution is -0.403. The van der Waals surface area contributed by atoms with Gasteiger partial charge in [0.25, 0.3) is 5.97 Å². The van der Waals surface area contributed by atoms with Crippen molar-refractivity contribution in [2.24, 2.45) is 0 Å². The SMILES string of the molecule is CC=CC(CCCCCCCCC)(c1cccc2c1Cc1ccccc1-2)C(OCC)(OCC)OCC. The molecule has 0 aliphatic heterocycles. The number of hydrogen-bond acceptors (Lipinski definition) is 3. The van der Waals surface area contributed by atoms with Gasteiger partial charge >= 0.3 is 0 Å². The van der Waals surface area contributed by atoms with Gasteiger partial charge in [0.1, 0.15) is 0 Å². The summed E-state index contributed by atoms with van der Waals surface area (Å²) >= 11 is 0. The van der Waals surface area contributed by atoms with Crippen LogP contribution in [0.25, 0.3) is 11.1 Å². The number of hydrogen-bond donors (Lipinski definition) is 0. The molecule has 2 aromatic carbocycles. The molecule has 0 amide bonds. The van der Waals surface area contributed by atoms with Crippen LogP contribution in [0.15, 0.2) is 54.6 Å². The quantitative estimate of drug-likeness (QED) is 0.107. The first-order valence-electron chi connectivity index (χ1n) is 14.4. The minimum Gasteiger partial charge on any atom is -0.327 e. The Labute approximate surface area is 220 Å². The van der Waals surface area contributed by atoms with Gasteiger partial charge < -0.3 is 14.2 Å². The summed E-state index contributed by atoms with van der Waals surface area (Å²) in [5.74, 6) is -1.18. The van der Waals surface area contributed by atoms with Crippen molar-refractivity contribution in [2.45, 2.75) is 104 Å². The number of allylic oxidation sites excluding steroid dienone is 1. The van der Waals surface area contributed by atoms with Gasteiger partial charge in [0.2, 0.25) is 0 Å². The Morgan fingerprint density at radius 3 is 1.97 bits per heavy atom. The minimum atomic E-state index is -1.18. The van der Waals surface area contributed by atoms with E-state index < -0.39 is 11.4 Å². The average Bonchev–Trinajstić information content (AvgIpc) is 3.27. The minimum absolute atomic E-state index is 0.519. The summed E-state index contributed by atoms with van der Waals surface area (Å²) in [6.45, 7) is 12.0. The number of fused-ring (bicyclic) bond motifs is 3. The predicted octanol–water partition coefficient (Wildman–Crippen LogP) is 8.98. The largest absolute Gasteiger partial charge is 0.327 e. The molecule has 0 saturated carbocycles. The van der Waals surface area contributed by atoms with Crippen LogP contribution in [0.1, 0.15) is 103 Å². The first kappa shape index (κ1) is 28.6. The molecule has 36 heavy (non-hydrogen) atoms. The summed E-state index contributed by atoms with van der Waals surface area (Å²) < 4.78 is 19.6. The van der Waals surface area contributed by atoms with Crippen LogP contribution in [0.3, 0.4) is 0 Å². The zero-order valence-corrected chi connectivity index (χ0v) is 23.4. The van der Waals surface area contributed by atoms with Gasteiger partial charge in [-0.05, 0) is 68.4 Å². The van der Waals surface area contributed by atoms with Crippen molar-refractivity contribution >= 4 is 0 Å². The highest BCUT2D eigenvalue weighted by atomic mass is 16.9. The van der Waals surface area contributed by atoms with Crippen molar-refractivity contribution in [3.63, 3.8) is 0 Å². The maximum atomic E-state index is 6.53. The first-order valence-corrected chi connectivity index (χ1v) is 14.4. The van der Waals surface area contributed by atoms with Crippen LogP contribution in [0, 0.1) is 0 Å². The molecular weight excluding hydrogens is 444 g/mol. The van der Waals surface area contributed by atoms with Crippen molar-refractivity contribution in [2.75, 3.05) is 19.8 Å². The van der Waals surface area contributed by atoms with E-state index >= 15 is 0 Å². The van der Waals surface area contributed by atoms with E-state index in [1.165, 1.54) is 66.3 Å². The van der Waals surface area contributed by atoms with Crippen LogP contribution in [-0.4, -0.2) is 25.8 Å². The highest BCUT2D eigenvalue weighted by Crippen LogP contribution is 2.50. The molecule has 2 aromatic rings. The molecule has 0 bridgehead atoms. The molecule has 3 rings (SSSR count). The number of rotatable bonds is 17. The van der Waals surface area contributed by atoms with E-state index in [1.54, 1.807) is 0 Å². The van der Waals surface area contributed by atoms with Gasteiger partial charge in [0.05, 0.1) is 5.41 Å². The lowest BCUT2D eigenvalue weighted by Crippen LogP contribution is -2.57. The van der Waals surface area contributed by atoms with E-state index in [0.29, 0.717) is 19.8 Å². The van der Waals surface area contributed by atoms with Gasteiger partial charge in [-0.15, -0.1) is 0 Å². The van der Waals surface area contributed by atoms with Crippen LogP contribution >= 0.6 is 0 Å². The van der Waals surface area contributed by atoms with E-state index in [2.05, 4.69) is 68.5 Å². The fourth-order valence-corrected chi connectivity index (χ4v) is 6.03. The zero-order valence-electron chi connectivity index (χ0n) is 23.4. The molecule has 0 heterocycles. The second-order valence-electron chi connectivity index (χ2n) is 9.86. The number of benzene rings is 2. The lowest BCUT2D eigenvalue weighted by Gasteiger charge is -2.48. The van der Waals surface area contributed by atoms with Gasteiger partial charge in [0.15, 0.2) is 0 Å². The molecule has 198 valence electrons. The molecule has 0 aromatic heterocycles. The van der Waals surface area contributed by atoms with Gasteiger partial charge in [-0.3, -0.25) is 0 Å². The van der Waals surface area contributed by atoms with Crippen molar-refractivity contribution in [1.29, 1.82) is 0 Å². The third-order valence-corrected chi connectivity index (χ3v) is 7.51. The summed E-state index contributed by atoms with van der Waals surface area (Å²) in [5, 5.41) is 0. The molecule has 0 radical (unpaired) electrons. The highest BCUT2D eigenvalue weighted by molar-refractivity contribution is 5.78. The predicted molar refractivity (Wildman–Crippen MR) is 151 cm³/mol. The standard InChI is InChI=1S/C33H48O3/c1-6-11-12-13-14-15-18-25-32(24-7-2,33(34-8-3,35-9-4)36-10-5)31-23-19-22-29-28-21-17-16-20-27(28)26-30(29)31/h7,16-17,19-24H,6,8-15,18,25-26H2,1-5H3. The third-order valence-electron chi connectivity index (χ3n) is 7.51. The van der Waals surface area contributed by atoms with Crippen molar-refractivity contribution in [3.05, 3.63) is 71.3 Å². The smallest absolute Gasteiger partial charge is 0.296 e. The number of unbranched alkanes of at least 4 members (excludes halogenated alkanes) is 6. The molecule has 3 heteroatoms. The molecule has 0 saturated heterocycles. The van der Waals surface area contributed by atoms with E-state index in [9.17, 15) is 0 Å². The maximum absolute atomic E-state index is 6.53. The molecule has 1 atom stereocenters. The molecule has 0 N–H and O–H groups in total. The number of ether oxygens (including phenoxy) is 3. The van der Waals surface area contributed by atoms with Crippen molar-refractivity contribution in [3.8, 4) is 11.1 Å². The third kappa shape index (κ3) is 5.96. The second-order valence-corrected chi connectivity index (χ2v) is 9.86. The topological polar surface area (TPSA) is 27.7 Å². The molecular formula is C33H48O3. The van der Waals surface area contributed by atoms with E-state index in [4.69, 9.17) is 14.2 Å².